The molecule has 6 heteroatoms. The molecule has 0 unspecified atom stereocenters. The number of imidazole rings is 1. The molecule has 1 heterocycles. The van der Waals surface area contributed by atoms with Crippen molar-refractivity contribution in [2.24, 2.45) is 0 Å². The van der Waals surface area contributed by atoms with Gasteiger partial charge in [-0.05, 0) is 12.1 Å². The number of hydrogen-bond donors (Lipinski definition) is 1. The summed E-state index contributed by atoms with van der Waals surface area (Å²) in [5.41, 5.74) is 0.410. The monoisotopic (exact) mass is 266 g/mol. The quantitative estimate of drug-likeness (QED) is 0.845. The lowest BCUT2D eigenvalue weighted by Crippen LogP contribution is -2.00. The molecule has 1 N–H and O–H groups in total. The molecule has 0 fully saturated rings. The maximum atomic E-state index is 13.6. The van der Waals surface area contributed by atoms with Crippen LogP contribution in [0.3, 0.4) is 0 Å². The Morgan fingerprint density at radius 3 is 2.94 bits per heavy atom. The van der Waals surface area contributed by atoms with Crippen LogP contribution in [0.15, 0.2) is 41.8 Å². The topological polar surface area (TPSA) is 55.1 Å². The smallest absolute Gasteiger partial charge is 0.304 e. The number of thioether (sulfide) groups is 1. The van der Waals surface area contributed by atoms with Crippen molar-refractivity contribution in [1.29, 1.82) is 0 Å². The van der Waals surface area contributed by atoms with Crippen LogP contribution in [0.25, 0.3) is 5.69 Å². The number of rotatable bonds is 5. The number of para-hydroxylation sites is 1. The number of carboxylic acids is 1. The third kappa shape index (κ3) is 2.89. The summed E-state index contributed by atoms with van der Waals surface area (Å²) >= 11 is 1.29. The van der Waals surface area contributed by atoms with E-state index < -0.39 is 5.97 Å². The van der Waals surface area contributed by atoms with Crippen molar-refractivity contribution in [1.82, 2.24) is 9.55 Å². The SMILES string of the molecule is O=C(O)CCSc1nccn1-c1ccccc1F. The highest BCUT2D eigenvalue weighted by Gasteiger charge is 2.09. The molecule has 0 saturated carbocycles. The first-order chi connectivity index (χ1) is 8.68. The van der Waals surface area contributed by atoms with Gasteiger partial charge in [0.05, 0.1) is 12.1 Å². The molecular weight excluding hydrogens is 255 g/mol. The molecule has 1 aromatic heterocycles. The molecule has 0 aliphatic carbocycles. The van der Waals surface area contributed by atoms with Gasteiger partial charge in [-0.15, -0.1) is 0 Å². The summed E-state index contributed by atoms with van der Waals surface area (Å²) in [6.07, 6.45) is 3.27. The summed E-state index contributed by atoms with van der Waals surface area (Å²) in [4.78, 5) is 14.5. The number of aliphatic carboxylic acids is 1. The van der Waals surface area contributed by atoms with E-state index in [9.17, 15) is 9.18 Å². The average molecular weight is 266 g/mol. The number of carbonyl (C=O) groups is 1. The van der Waals surface area contributed by atoms with E-state index in [-0.39, 0.29) is 12.2 Å². The average Bonchev–Trinajstić information content (AvgIpc) is 2.77. The first kappa shape index (κ1) is 12.6. The van der Waals surface area contributed by atoms with E-state index in [0.29, 0.717) is 16.6 Å². The van der Waals surface area contributed by atoms with Gasteiger partial charge in [0, 0.05) is 18.1 Å². The summed E-state index contributed by atoms with van der Waals surface area (Å²) in [5.74, 6) is -0.789. The van der Waals surface area contributed by atoms with Gasteiger partial charge in [-0.3, -0.25) is 9.36 Å². The molecule has 1 aromatic carbocycles. The molecule has 0 aliphatic heterocycles. The van der Waals surface area contributed by atoms with Crippen LogP contribution >= 0.6 is 11.8 Å². The largest absolute Gasteiger partial charge is 0.481 e. The van der Waals surface area contributed by atoms with Gasteiger partial charge in [-0.25, -0.2) is 9.37 Å². The van der Waals surface area contributed by atoms with Crippen LogP contribution in [0.1, 0.15) is 6.42 Å². The maximum absolute atomic E-state index is 13.6. The molecule has 0 bridgehead atoms. The number of hydrogen-bond acceptors (Lipinski definition) is 3. The normalized spacial score (nSPS) is 10.5. The van der Waals surface area contributed by atoms with Gasteiger partial charge in [0.2, 0.25) is 0 Å². The van der Waals surface area contributed by atoms with Crippen molar-refractivity contribution >= 4 is 17.7 Å². The fourth-order valence-electron chi connectivity index (χ4n) is 1.46. The molecule has 0 aliphatic rings. The predicted molar refractivity (Wildman–Crippen MR) is 66.5 cm³/mol. The van der Waals surface area contributed by atoms with Crippen molar-refractivity contribution in [2.45, 2.75) is 11.6 Å². The molecular formula is C12H11FN2O2S. The summed E-state index contributed by atoms with van der Waals surface area (Å²) in [7, 11) is 0. The summed E-state index contributed by atoms with van der Waals surface area (Å²) in [5, 5.41) is 9.16. The molecule has 4 nitrogen and oxygen atoms in total. The zero-order valence-corrected chi connectivity index (χ0v) is 10.2. The zero-order valence-electron chi connectivity index (χ0n) is 9.41. The van der Waals surface area contributed by atoms with E-state index in [0.717, 1.165) is 0 Å². The Hall–Kier alpha value is -1.82. The van der Waals surface area contributed by atoms with Crippen molar-refractivity contribution in [3.63, 3.8) is 0 Å². The van der Waals surface area contributed by atoms with Gasteiger partial charge in [-0.2, -0.15) is 0 Å². The summed E-state index contributed by atoms with van der Waals surface area (Å²) in [6.45, 7) is 0. The van der Waals surface area contributed by atoms with Gasteiger partial charge in [0.25, 0.3) is 0 Å². The molecule has 94 valence electrons. The Balaban J connectivity index is 2.18. The van der Waals surface area contributed by atoms with E-state index in [1.807, 2.05) is 0 Å². The van der Waals surface area contributed by atoms with E-state index in [4.69, 9.17) is 5.11 Å². The Kier molecular flexibility index (Phi) is 3.99. The van der Waals surface area contributed by atoms with Crippen LogP contribution in [-0.2, 0) is 4.79 Å². The van der Waals surface area contributed by atoms with Gasteiger partial charge < -0.3 is 5.11 Å². The molecule has 0 radical (unpaired) electrons. The van der Waals surface area contributed by atoms with Gasteiger partial charge in [0.15, 0.2) is 5.16 Å². The Morgan fingerprint density at radius 1 is 1.44 bits per heavy atom. The highest BCUT2D eigenvalue weighted by molar-refractivity contribution is 7.99. The molecule has 18 heavy (non-hydrogen) atoms. The lowest BCUT2D eigenvalue weighted by atomic mass is 10.3. The minimum absolute atomic E-state index is 0.0504. The fourth-order valence-corrected chi connectivity index (χ4v) is 2.35. The minimum atomic E-state index is -0.855. The Morgan fingerprint density at radius 2 is 2.22 bits per heavy atom. The Labute approximate surface area is 107 Å². The van der Waals surface area contributed by atoms with Crippen molar-refractivity contribution in [3.05, 3.63) is 42.5 Å². The minimum Gasteiger partial charge on any atom is -0.481 e. The second-order valence-corrected chi connectivity index (χ2v) is 4.59. The first-order valence-corrected chi connectivity index (χ1v) is 6.30. The van der Waals surface area contributed by atoms with Gasteiger partial charge >= 0.3 is 5.97 Å². The fraction of sp³-hybridized carbons (Fsp3) is 0.167. The standard InChI is InChI=1S/C12H11FN2O2S/c13-9-3-1-2-4-10(9)15-7-6-14-12(15)18-8-5-11(16)17/h1-4,6-7H,5,8H2,(H,16,17). The maximum Gasteiger partial charge on any atom is 0.304 e. The van der Waals surface area contributed by atoms with Crippen LogP contribution < -0.4 is 0 Å². The third-order valence-corrected chi connectivity index (χ3v) is 3.23. The van der Waals surface area contributed by atoms with Crippen LogP contribution in [0.4, 0.5) is 4.39 Å². The van der Waals surface area contributed by atoms with E-state index in [1.54, 1.807) is 35.2 Å². The van der Waals surface area contributed by atoms with Crippen molar-refractivity contribution < 1.29 is 14.3 Å². The van der Waals surface area contributed by atoms with Crippen molar-refractivity contribution in [3.8, 4) is 5.69 Å². The molecule has 0 spiro atoms. The van der Waals surface area contributed by atoms with E-state index in [2.05, 4.69) is 4.98 Å². The highest BCUT2D eigenvalue weighted by Crippen LogP contribution is 2.22. The number of benzene rings is 1. The Bertz CT molecular complexity index is 557. The lowest BCUT2D eigenvalue weighted by Gasteiger charge is -2.07. The lowest BCUT2D eigenvalue weighted by molar-refractivity contribution is -0.136. The van der Waals surface area contributed by atoms with Gasteiger partial charge in [-0.1, -0.05) is 23.9 Å². The van der Waals surface area contributed by atoms with Gasteiger partial charge in [0.1, 0.15) is 5.82 Å². The molecule has 2 aromatic rings. The third-order valence-electron chi connectivity index (χ3n) is 2.27. The number of halogens is 1. The zero-order chi connectivity index (χ0) is 13.0. The first-order valence-electron chi connectivity index (χ1n) is 5.31. The molecule has 0 atom stereocenters. The molecule has 0 amide bonds. The van der Waals surface area contributed by atoms with E-state index >= 15 is 0 Å². The van der Waals surface area contributed by atoms with Crippen molar-refractivity contribution in [2.75, 3.05) is 5.75 Å². The summed E-state index contributed by atoms with van der Waals surface area (Å²) in [6, 6.07) is 6.39. The number of carboxylic acid groups (broad SMARTS) is 1. The second kappa shape index (κ2) is 5.68. The number of aromatic nitrogens is 2. The van der Waals surface area contributed by atoms with E-state index in [1.165, 1.54) is 17.8 Å². The molecule has 0 saturated heterocycles. The highest BCUT2D eigenvalue weighted by atomic mass is 32.2. The van der Waals surface area contributed by atoms with Crippen LogP contribution in [0.5, 0.6) is 0 Å². The summed E-state index contributed by atoms with van der Waals surface area (Å²) < 4.78 is 15.2. The van der Waals surface area contributed by atoms with Crippen LogP contribution in [0, 0.1) is 5.82 Å². The number of nitrogens with zero attached hydrogens (tertiary/aromatic N) is 2. The predicted octanol–water partition coefficient (Wildman–Crippen LogP) is 2.58. The molecule has 2 rings (SSSR count). The van der Waals surface area contributed by atoms with Crippen LogP contribution in [0.2, 0.25) is 0 Å². The second-order valence-electron chi connectivity index (χ2n) is 3.52. The van der Waals surface area contributed by atoms with Crippen LogP contribution in [-0.4, -0.2) is 26.4 Å².